The summed E-state index contributed by atoms with van der Waals surface area (Å²) in [6, 6.07) is 4.65. The van der Waals surface area contributed by atoms with Gasteiger partial charge in [0.1, 0.15) is 47.6 Å². The molecule has 2 aromatic rings. The van der Waals surface area contributed by atoms with E-state index in [1.54, 1.807) is 39.8 Å². The Morgan fingerprint density at radius 2 is 1.67 bits per heavy atom. The van der Waals surface area contributed by atoms with Crippen molar-refractivity contribution in [2.75, 3.05) is 51.6 Å². The topological polar surface area (TPSA) is 270 Å². The summed E-state index contributed by atoms with van der Waals surface area (Å²) >= 11 is 0. The van der Waals surface area contributed by atoms with Crippen LogP contribution in [0, 0.1) is 17.7 Å². The van der Waals surface area contributed by atoms with Crippen LogP contribution in [-0.2, 0) is 35.1 Å². The van der Waals surface area contributed by atoms with Crippen LogP contribution in [0.4, 0.5) is 20.6 Å². The highest BCUT2D eigenvalue weighted by atomic mass is 19.1. The third-order valence-corrected chi connectivity index (χ3v) is 10.5. The number of hydrogen-bond acceptors (Lipinski definition) is 14. The van der Waals surface area contributed by atoms with E-state index in [1.807, 2.05) is 0 Å². The number of anilines is 2. The van der Waals surface area contributed by atoms with Gasteiger partial charge < -0.3 is 51.0 Å². The maximum atomic E-state index is 14.3. The maximum Gasteiger partial charge on any atom is 0.410 e. The number of aliphatic hydroxyl groups excluding tert-OH is 2. The van der Waals surface area contributed by atoms with Crippen molar-refractivity contribution in [1.82, 2.24) is 9.80 Å². The Morgan fingerprint density at radius 1 is 1.05 bits per heavy atom. The summed E-state index contributed by atoms with van der Waals surface area (Å²) in [5, 5.41) is 58.6. The van der Waals surface area contributed by atoms with Gasteiger partial charge in [-0.2, -0.15) is 0 Å². The van der Waals surface area contributed by atoms with Crippen LogP contribution < -0.4 is 20.7 Å². The highest BCUT2D eigenvalue weighted by Gasteiger charge is 2.64. The largest absolute Gasteiger partial charge is 0.508 e. The number of benzene rings is 2. The second kappa shape index (κ2) is 15.6. The predicted octanol–water partition coefficient (Wildman–Crippen LogP) is 1.88. The first kappa shape index (κ1) is 42.9. The lowest BCUT2D eigenvalue weighted by atomic mass is 9.57. The molecule has 0 spiro atoms. The van der Waals surface area contributed by atoms with E-state index in [1.165, 1.54) is 37.2 Å². The lowest BCUT2D eigenvalue weighted by Crippen LogP contribution is -2.65. The van der Waals surface area contributed by atoms with Crippen LogP contribution in [0.25, 0.3) is 5.76 Å². The van der Waals surface area contributed by atoms with Gasteiger partial charge >= 0.3 is 12.1 Å². The van der Waals surface area contributed by atoms with E-state index in [0.29, 0.717) is 11.3 Å². The summed E-state index contributed by atoms with van der Waals surface area (Å²) in [6.07, 6.45) is -2.91. The van der Waals surface area contributed by atoms with Crippen molar-refractivity contribution < 1.29 is 68.2 Å². The minimum absolute atomic E-state index is 0.000352. The third-order valence-electron chi connectivity index (χ3n) is 10.5. The number of nitrogens with two attached hydrogens (primary N) is 1. The molecule has 2 aromatic carbocycles. The molecule has 3 amide bonds. The van der Waals surface area contributed by atoms with Crippen molar-refractivity contribution in [3.8, 4) is 11.5 Å². The normalized spacial score (nSPS) is 22.1. The first-order valence-electron chi connectivity index (χ1n) is 18.0. The smallest absolute Gasteiger partial charge is 0.410 e. The predicted molar refractivity (Wildman–Crippen MR) is 203 cm³/mol. The molecule has 3 aliphatic carbocycles. The number of aliphatic carboxylic acids is 1. The Hall–Kier alpha value is -6.21. The van der Waals surface area contributed by atoms with Gasteiger partial charge in [-0.3, -0.25) is 29.0 Å². The van der Waals surface area contributed by atoms with Gasteiger partial charge in [-0.05, 0) is 89.5 Å². The molecule has 19 heteroatoms. The lowest BCUT2D eigenvalue weighted by molar-refractivity contribution is -0.153. The molecule has 18 nitrogen and oxygen atoms in total. The van der Waals surface area contributed by atoms with Crippen molar-refractivity contribution in [2.45, 2.75) is 56.9 Å². The number of carboxylic acids is 1. The summed E-state index contributed by atoms with van der Waals surface area (Å²) in [4.78, 5) is 82.7. The first-order chi connectivity index (χ1) is 26.9. The molecular weight excluding hydrogens is 765 g/mol. The molecule has 8 N–H and O–H groups in total. The maximum absolute atomic E-state index is 14.3. The first-order valence-corrected chi connectivity index (χ1v) is 18.0. The number of halogens is 1. The van der Waals surface area contributed by atoms with Gasteiger partial charge in [0.25, 0.3) is 5.91 Å². The number of fused-ring (bicyclic) bond motifs is 3. The lowest BCUT2D eigenvalue weighted by Gasteiger charge is -2.50. The average molecular weight is 812 g/mol. The number of rotatable bonds is 11. The van der Waals surface area contributed by atoms with E-state index in [-0.39, 0.29) is 35.4 Å². The molecule has 5 rings (SSSR count). The molecule has 0 saturated heterocycles. The summed E-state index contributed by atoms with van der Waals surface area (Å²) < 4.78 is 23.9. The molecule has 312 valence electrons. The molecule has 0 radical (unpaired) electrons. The zero-order valence-electron chi connectivity index (χ0n) is 32.8. The average Bonchev–Trinajstić information content (AvgIpc) is 3.11. The van der Waals surface area contributed by atoms with E-state index < -0.39 is 112 Å². The van der Waals surface area contributed by atoms with E-state index in [4.69, 9.17) is 15.2 Å². The number of nitrogens with zero attached hydrogens (tertiary/aromatic N) is 3. The number of ketones is 2. The van der Waals surface area contributed by atoms with Crippen molar-refractivity contribution in [1.29, 1.82) is 0 Å². The van der Waals surface area contributed by atoms with Crippen molar-refractivity contribution in [3.63, 3.8) is 0 Å². The van der Waals surface area contributed by atoms with Crippen LogP contribution in [0.15, 0.2) is 47.2 Å². The van der Waals surface area contributed by atoms with Gasteiger partial charge in [-0.15, -0.1) is 0 Å². The zero-order chi connectivity index (χ0) is 43.3. The quantitative estimate of drug-likeness (QED) is 0.126. The van der Waals surface area contributed by atoms with Crippen LogP contribution in [0.2, 0.25) is 0 Å². The van der Waals surface area contributed by atoms with Crippen molar-refractivity contribution >= 4 is 52.6 Å². The van der Waals surface area contributed by atoms with E-state index >= 15 is 0 Å². The number of ether oxygens (including phenoxy) is 2. The molecule has 0 heterocycles. The molecule has 3 aliphatic rings. The number of primary amides is 1. The molecule has 1 unspecified atom stereocenters. The number of phenols is 1. The number of carboxylic acid groups (broad SMARTS) is 1. The Kier molecular flexibility index (Phi) is 11.6. The monoisotopic (exact) mass is 811 g/mol. The number of hydrogen-bond donors (Lipinski definition) is 7. The Balaban J connectivity index is 1.46. The fourth-order valence-electron chi connectivity index (χ4n) is 7.75. The third kappa shape index (κ3) is 7.61. The number of amides is 3. The van der Waals surface area contributed by atoms with Crippen molar-refractivity contribution in [2.24, 2.45) is 17.6 Å². The molecule has 5 atom stereocenters. The molecule has 0 bridgehead atoms. The van der Waals surface area contributed by atoms with Gasteiger partial charge in [0.05, 0.1) is 17.3 Å². The molecule has 0 aliphatic heterocycles. The number of carbonyl (C=O) groups excluding carboxylic acids is 5. The molecule has 0 aromatic heterocycles. The van der Waals surface area contributed by atoms with Crippen LogP contribution in [-0.4, -0.2) is 135 Å². The SMILES string of the molecule is CN(C)c1cc(NC(=O)CN(C(=O)OCC(Oc2ccc(F)cc2)C(=O)O)C(C)(C)C)c(O)c2c1C[C@H]1C[C@H]3[C@H](N(C)C)C(=O)C(C(N)=O)=C(O)[C@@]3(O)C(=O)C1=C2O. The Morgan fingerprint density at radius 3 is 2.21 bits per heavy atom. The summed E-state index contributed by atoms with van der Waals surface area (Å²) in [6.45, 7) is 3.26. The minimum atomic E-state index is -2.85. The number of carbonyl (C=O) groups is 6. The summed E-state index contributed by atoms with van der Waals surface area (Å²) in [5.74, 6) is -11.2. The van der Waals surface area contributed by atoms with E-state index in [9.17, 15) is 58.7 Å². The molecule has 1 fully saturated rings. The zero-order valence-corrected chi connectivity index (χ0v) is 32.8. The second-order valence-corrected chi connectivity index (χ2v) is 15.8. The second-order valence-electron chi connectivity index (χ2n) is 15.8. The summed E-state index contributed by atoms with van der Waals surface area (Å²) in [7, 11) is 6.29. The molecule has 58 heavy (non-hydrogen) atoms. The van der Waals surface area contributed by atoms with Crippen molar-refractivity contribution in [3.05, 3.63) is 64.2 Å². The van der Waals surface area contributed by atoms with Crippen LogP contribution >= 0.6 is 0 Å². The van der Waals surface area contributed by atoms with Gasteiger partial charge in [-0.1, -0.05) is 0 Å². The van der Waals surface area contributed by atoms with Gasteiger partial charge in [0.2, 0.25) is 17.8 Å². The van der Waals surface area contributed by atoms with Crippen LogP contribution in [0.3, 0.4) is 0 Å². The number of phenolic OH excluding ortho intramolecular Hbond substituents is 1. The number of Topliss-reactive ketones (excluding diaryl/α,β-unsaturated/α-hetero) is 2. The highest BCUT2D eigenvalue weighted by Crippen LogP contribution is 2.54. The standard InChI is InChI=1S/C39H46FN5O13/c1-38(2,3)45(37(55)57-16-24(36(53)54)58-19-10-8-18(40)9-11-19)15-25(46)42-22-14-23(43(4)5)20-12-17-13-21-29(44(6)7)32(49)28(35(41)52)34(51)39(21,56)33(50)26(17)31(48)27(20)30(22)47/h8-11,14,17,21,24,29,47-48,51,56H,12-13,15-16H2,1-7H3,(H2,41,52)(H,42,46)(H,53,54)/t17-,21-,24?,29-,39-/m0/s1. The fraction of sp³-hybridized carbons (Fsp3) is 0.436. The van der Waals surface area contributed by atoms with Crippen LogP contribution in [0.5, 0.6) is 11.5 Å². The van der Waals surface area contributed by atoms with Gasteiger partial charge in [-0.25, -0.2) is 14.0 Å². The number of aromatic hydroxyl groups is 1. The minimum Gasteiger partial charge on any atom is -0.508 e. The molecule has 1 saturated carbocycles. The number of aliphatic hydroxyl groups is 3. The summed E-state index contributed by atoms with van der Waals surface area (Å²) in [5.41, 5.74) is 0.340. The van der Waals surface area contributed by atoms with Gasteiger partial charge in [0, 0.05) is 36.8 Å². The number of nitrogens with one attached hydrogen (secondary N) is 1. The number of likely N-dealkylation sites (N-methyl/N-ethyl adjacent to an activating group) is 1. The van der Waals surface area contributed by atoms with E-state index in [2.05, 4.69) is 5.32 Å². The Bertz CT molecular complexity index is 2140. The highest BCUT2D eigenvalue weighted by molar-refractivity contribution is 6.24. The molecular formula is C39H46FN5O13. The fourth-order valence-corrected chi connectivity index (χ4v) is 7.75. The Labute approximate surface area is 331 Å². The van der Waals surface area contributed by atoms with Crippen LogP contribution in [0.1, 0.15) is 38.3 Å². The van der Waals surface area contributed by atoms with E-state index in [0.717, 1.165) is 17.0 Å². The van der Waals surface area contributed by atoms with Gasteiger partial charge in [0.15, 0.2) is 11.4 Å².